The van der Waals surface area contributed by atoms with Crippen LogP contribution in [0.15, 0.2) is 18.3 Å². The minimum absolute atomic E-state index is 0.231. The molecular formula is C14H17ClFNO. The fourth-order valence-electron chi connectivity index (χ4n) is 2.15. The summed E-state index contributed by atoms with van der Waals surface area (Å²) in [6, 6.07) is 3.76. The van der Waals surface area contributed by atoms with E-state index in [9.17, 15) is 4.39 Å². The number of fused-ring (bicyclic) bond motifs is 1. The Kier molecular flexibility index (Phi) is 4.25. The predicted octanol–water partition coefficient (Wildman–Crippen LogP) is 4.03. The van der Waals surface area contributed by atoms with E-state index in [1.54, 1.807) is 7.11 Å². The third-order valence-corrected chi connectivity index (χ3v) is 3.53. The van der Waals surface area contributed by atoms with E-state index >= 15 is 0 Å². The summed E-state index contributed by atoms with van der Waals surface area (Å²) in [7, 11) is 1.69. The molecule has 4 heteroatoms. The zero-order valence-corrected chi connectivity index (χ0v) is 11.4. The second-order valence-corrected chi connectivity index (χ2v) is 4.68. The van der Waals surface area contributed by atoms with Crippen LogP contribution in [0.4, 0.5) is 4.39 Å². The van der Waals surface area contributed by atoms with Crippen LogP contribution in [0.5, 0.6) is 0 Å². The average molecular weight is 270 g/mol. The summed E-state index contributed by atoms with van der Waals surface area (Å²) in [5, 5.41) is 1.01. The molecule has 0 saturated carbocycles. The van der Waals surface area contributed by atoms with Crippen molar-refractivity contribution in [3.05, 3.63) is 34.7 Å². The second kappa shape index (κ2) is 5.72. The Balaban J connectivity index is 2.42. The molecule has 1 aromatic heterocycles. The molecule has 0 unspecified atom stereocenters. The Hall–Kier alpha value is -1.06. The maximum absolute atomic E-state index is 13.9. The minimum atomic E-state index is -0.290. The Bertz CT molecular complexity index is 550. The summed E-state index contributed by atoms with van der Waals surface area (Å²) in [6.07, 6.45) is 3.52. The van der Waals surface area contributed by atoms with Crippen molar-refractivity contribution in [2.75, 3.05) is 13.7 Å². The quantitative estimate of drug-likeness (QED) is 0.748. The first-order valence-corrected chi connectivity index (χ1v) is 6.51. The van der Waals surface area contributed by atoms with Gasteiger partial charge in [0.1, 0.15) is 5.82 Å². The highest BCUT2D eigenvalue weighted by Gasteiger charge is 2.13. The zero-order chi connectivity index (χ0) is 13.1. The summed E-state index contributed by atoms with van der Waals surface area (Å²) in [6.45, 7) is 3.50. The standard InChI is InChI=1S/C14H17ClFNO/c1-3-10-9-12-11(13(15)14(10)16)5-7-17(12)6-4-8-18-2/h5,7,9H,3-4,6,8H2,1-2H3. The molecule has 0 spiro atoms. The molecule has 2 aromatic rings. The van der Waals surface area contributed by atoms with Gasteiger partial charge in [-0.25, -0.2) is 4.39 Å². The third kappa shape index (κ3) is 2.38. The Labute approximate surface area is 111 Å². The molecule has 0 N–H and O–H groups in total. The van der Waals surface area contributed by atoms with Crippen LogP contribution in [0.3, 0.4) is 0 Å². The third-order valence-electron chi connectivity index (χ3n) is 3.16. The normalized spacial score (nSPS) is 11.3. The van der Waals surface area contributed by atoms with Gasteiger partial charge in [0.25, 0.3) is 0 Å². The smallest absolute Gasteiger partial charge is 0.145 e. The van der Waals surface area contributed by atoms with Gasteiger partial charge < -0.3 is 9.30 Å². The Morgan fingerprint density at radius 1 is 1.44 bits per heavy atom. The van der Waals surface area contributed by atoms with Crippen molar-refractivity contribution in [2.45, 2.75) is 26.3 Å². The number of ether oxygens (including phenoxy) is 1. The van der Waals surface area contributed by atoms with Crippen LogP contribution in [0.1, 0.15) is 18.9 Å². The lowest BCUT2D eigenvalue weighted by Gasteiger charge is -2.08. The number of aromatic nitrogens is 1. The molecule has 0 saturated heterocycles. The maximum Gasteiger partial charge on any atom is 0.145 e. The van der Waals surface area contributed by atoms with Gasteiger partial charge >= 0.3 is 0 Å². The van der Waals surface area contributed by atoms with E-state index in [0.717, 1.165) is 30.5 Å². The first-order valence-electron chi connectivity index (χ1n) is 6.13. The number of hydrogen-bond donors (Lipinski definition) is 0. The lowest BCUT2D eigenvalue weighted by atomic mass is 10.1. The predicted molar refractivity (Wildman–Crippen MR) is 72.8 cm³/mol. The van der Waals surface area contributed by atoms with Gasteiger partial charge in [-0.1, -0.05) is 18.5 Å². The fraction of sp³-hybridized carbons (Fsp3) is 0.429. The van der Waals surface area contributed by atoms with E-state index in [1.165, 1.54) is 0 Å². The molecule has 0 aliphatic heterocycles. The molecule has 2 rings (SSSR count). The van der Waals surface area contributed by atoms with Crippen molar-refractivity contribution < 1.29 is 9.13 Å². The van der Waals surface area contributed by atoms with E-state index in [4.69, 9.17) is 16.3 Å². The van der Waals surface area contributed by atoms with Crippen molar-refractivity contribution in [3.8, 4) is 0 Å². The summed E-state index contributed by atoms with van der Waals surface area (Å²) in [5.41, 5.74) is 1.66. The molecule has 18 heavy (non-hydrogen) atoms. The fourth-order valence-corrected chi connectivity index (χ4v) is 2.43. The van der Waals surface area contributed by atoms with Gasteiger partial charge in [-0.15, -0.1) is 0 Å². The summed E-state index contributed by atoms with van der Waals surface area (Å²) < 4.78 is 21.0. The zero-order valence-electron chi connectivity index (χ0n) is 10.7. The number of hydrogen-bond acceptors (Lipinski definition) is 1. The van der Waals surface area contributed by atoms with E-state index in [1.807, 2.05) is 25.3 Å². The van der Waals surface area contributed by atoms with Gasteiger partial charge in [-0.3, -0.25) is 0 Å². The molecule has 0 atom stereocenters. The monoisotopic (exact) mass is 269 g/mol. The SMILES string of the molecule is CCc1cc2c(ccn2CCCOC)c(Cl)c1F. The van der Waals surface area contributed by atoms with Gasteiger partial charge in [0, 0.05) is 37.4 Å². The topological polar surface area (TPSA) is 14.2 Å². The van der Waals surface area contributed by atoms with Crippen molar-refractivity contribution in [2.24, 2.45) is 0 Å². The molecule has 2 nitrogen and oxygen atoms in total. The Morgan fingerprint density at radius 2 is 2.22 bits per heavy atom. The van der Waals surface area contributed by atoms with Crippen molar-refractivity contribution in [3.63, 3.8) is 0 Å². The summed E-state index contributed by atoms with van der Waals surface area (Å²) in [5.74, 6) is -0.290. The van der Waals surface area contributed by atoms with Crippen LogP contribution in [0.2, 0.25) is 5.02 Å². The van der Waals surface area contributed by atoms with Crippen LogP contribution >= 0.6 is 11.6 Å². The first-order chi connectivity index (χ1) is 8.69. The molecule has 0 bridgehead atoms. The van der Waals surface area contributed by atoms with E-state index in [-0.39, 0.29) is 10.8 Å². The first kappa shape index (κ1) is 13.4. The molecule has 98 valence electrons. The number of methoxy groups -OCH3 is 1. The van der Waals surface area contributed by atoms with Crippen molar-refractivity contribution >= 4 is 22.5 Å². The molecule has 0 aliphatic carbocycles. The van der Waals surface area contributed by atoms with Crippen molar-refractivity contribution in [1.82, 2.24) is 4.57 Å². The molecule has 1 aromatic carbocycles. The molecular weight excluding hydrogens is 253 g/mol. The highest BCUT2D eigenvalue weighted by atomic mass is 35.5. The highest BCUT2D eigenvalue weighted by Crippen LogP contribution is 2.30. The van der Waals surface area contributed by atoms with Crippen molar-refractivity contribution in [1.29, 1.82) is 0 Å². The van der Waals surface area contributed by atoms with Gasteiger partial charge in [0.2, 0.25) is 0 Å². The molecule has 0 aliphatic rings. The van der Waals surface area contributed by atoms with Crippen LogP contribution in [-0.4, -0.2) is 18.3 Å². The van der Waals surface area contributed by atoms with Gasteiger partial charge in [0.05, 0.1) is 5.02 Å². The van der Waals surface area contributed by atoms with Gasteiger partial charge in [0.15, 0.2) is 0 Å². The van der Waals surface area contributed by atoms with Crippen LogP contribution in [0.25, 0.3) is 10.9 Å². The number of nitrogens with zero attached hydrogens (tertiary/aromatic N) is 1. The van der Waals surface area contributed by atoms with E-state index in [0.29, 0.717) is 12.0 Å². The number of aryl methyl sites for hydroxylation is 2. The number of rotatable bonds is 5. The van der Waals surface area contributed by atoms with Crippen LogP contribution in [0, 0.1) is 5.82 Å². The molecule has 0 amide bonds. The Morgan fingerprint density at radius 3 is 2.89 bits per heavy atom. The second-order valence-electron chi connectivity index (χ2n) is 4.31. The lowest BCUT2D eigenvalue weighted by Crippen LogP contribution is -2.01. The van der Waals surface area contributed by atoms with Gasteiger partial charge in [-0.05, 0) is 30.5 Å². The van der Waals surface area contributed by atoms with Crippen LogP contribution < -0.4 is 0 Å². The average Bonchev–Trinajstić information content (AvgIpc) is 2.77. The van der Waals surface area contributed by atoms with E-state index in [2.05, 4.69) is 4.57 Å². The molecule has 0 fully saturated rings. The van der Waals surface area contributed by atoms with E-state index < -0.39 is 0 Å². The maximum atomic E-state index is 13.9. The molecule has 1 heterocycles. The lowest BCUT2D eigenvalue weighted by molar-refractivity contribution is 0.190. The number of benzene rings is 1. The number of halogens is 2. The van der Waals surface area contributed by atoms with Crippen LogP contribution in [-0.2, 0) is 17.7 Å². The highest BCUT2D eigenvalue weighted by molar-refractivity contribution is 6.35. The summed E-state index contributed by atoms with van der Waals surface area (Å²) >= 11 is 6.07. The molecule has 0 radical (unpaired) electrons. The minimum Gasteiger partial charge on any atom is -0.385 e. The summed E-state index contributed by atoms with van der Waals surface area (Å²) in [4.78, 5) is 0. The van der Waals surface area contributed by atoms with Gasteiger partial charge in [-0.2, -0.15) is 0 Å². The largest absolute Gasteiger partial charge is 0.385 e.